The maximum absolute atomic E-state index is 9.34. The molecule has 0 aliphatic heterocycles. The summed E-state index contributed by atoms with van der Waals surface area (Å²) in [6, 6.07) is 3.75. The Morgan fingerprint density at radius 2 is 2.38 bits per heavy atom. The highest BCUT2D eigenvalue weighted by atomic mass is 79.9. The number of nitrogens with zero attached hydrogens (tertiary/aromatic N) is 2. The molecule has 2 aromatic rings. The summed E-state index contributed by atoms with van der Waals surface area (Å²) in [4.78, 5) is 4.17. The molecule has 68 valence electrons. The lowest BCUT2D eigenvalue weighted by molar-refractivity contribution is 0.199. The van der Waals surface area contributed by atoms with Crippen LogP contribution in [0.2, 0.25) is 0 Å². The predicted octanol–water partition coefficient (Wildman–Crippen LogP) is 2.15. The molecular formula is C9H9BrN2O. The van der Waals surface area contributed by atoms with Crippen molar-refractivity contribution in [3.05, 3.63) is 34.7 Å². The van der Waals surface area contributed by atoms with Crippen LogP contribution in [0, 0.1) is 0 Å². The molecule has 13 heavy (non-hydrogen) atoms. The van der Waals surface area contributed by atoms with E-state index >= 15 is 0 Å². The maximum atomic E-state index is 9.34. The van der Waals surface area contributed by atoms with E-state index in [1.807, 2.05) is 22.7 Å². The number of halogens is 1. The molecule has 2 heterocycles. The van der Waals surface area contributed by atoms with E-state index in [0.29, 0.717) is 0 Å². The van der Waals surface area contributed by atoms with Crippen LogP contribution >= 0.6 is 15.9 Å². The topological polar surface area (TPSA) is 37.5 Å². The molecule has 1 unspecified atom stereocenters. The number of aliphatic hydroxyl groups is 1. The van der Waals surface area contributed by atoms with Crippen LogP contribution in [0.5, 0.6) is 0 Å². The number of hydrogen-bond donors (Lipinski definition) is 1. The molecule has 2 aromatic heterocycles. The smallest absolute Gasteiger partial charge is 0.137 e. The Morgan fingerprint density at radius 1 is 1.62 bits per heavy atom. The Labute approximate surface area is 84.2 Å². The normalized spacial score (nSPS) is 13.5. The third kappa shape index (κ3) is 1.47. The lowest BCUT2D eigenvalue weighted by Crippen LogP contribution is -1.93. The van der Waals surface area contributed by atoms with Gasteiger partial charge in [-0.05, 0) is 40.5 Å². The summed E-state index contributed by atoms with van der Waals surface area (Å²) in [7, 11) is 0. The van der Waals surface area contributed by atoms with Crippen LogP contribution in [-0.2, 0) is 0 Å². The highest BCUT2D eigenvalue weighted by molar-refractivity contribution is 9.10. The van der Waals surface area contributed by atoms with Crippen LogP contribution < -0.4 is 0 Å². The average Bonchev–Trinajstić information content (AvgIpc) is 2.47. The molecule has 0 aliphatic rings. The van der Waals surface area contributed by atoms with Crippen molar-refractivity contribution < 1.29 is 5.11 Å². The molecule has 0 aliphatic carbocycles. The zero-order valence-corrected chi connectivity index (χ0v) is 8.69. The first-order valence-corrected chi connectivity index (χ1v) is 4.78. The number of rotatable bonds is 1. The van der Waals surface area contributed by atoms with E-state index < -0.39 is 6.10 Å². The maximum Gasteiger partial charge on any atom is 0.137 e. The Morgan fingerprint density at radius 3 is 3.08 bits per heavy atom. The van der Waals surface area contributed by atoms with Gasteiger partial charge in [0.05, 0.1) is 12.3 Å². The molecule has 1 N–H and O–H groups in total. The van der Waals surface area contributed by atoms with Gasteiger partial charge in [-0.3, -0.25) is 4.40 Å². The molecule has 0 amide bonds. The quantitative estimate of drug-likeness (QED) is 0.830. The standard InChI is InChI=1S/C9H9BrN2O/c1-6(13)7-2-3-12-8(10)5-11-9(12)4-7/h2-6,13H,1H3. The van der Waals surface area contributed by atoms with Crippen molar-refractivity contribution in [2.24, 2.45) is 0 Å². The summed E-state index contributed by atoms with van der Waals surface area (Å²) < 4.78 is 2.82. The molecule has 0 radical (unpaired) electrons. The van der Waals surface area contributed by atoms with Crippen LogP contribution in [-0.4, -0.2) is 14.5 Å². The Bertz CT molecular complexity index is 436. The predicted molar refractivity (Wildman–Crippen MR) is 53.5 cm³/mol. The third-order valence-electron chi connectivity index (χ3n) is 1.97. The summed E-state index contributed by atoms with van der Waals surface area (Å²) in [6.07, 6.45) is 3.18. The van der Waals surface area contributed by atoms with Crippen molar-refractivity contribution >= 4 is 21.6 Å². The van der Waals surface area contributed by atoms with Crippen LogP contribution in [0.25, 0.3) is 5.65 Å². The first-order chi connectivity index (χ1) is 6.18. The van der Waals surface area contributed by atoms with Gasteiger partial charge >= 0.3 is 0 Å². The fourth-order valence-corrected chi connectivity index (χ4v) is 1.63. The van der Waals surface area contributed by atoms with E-state index in [1.165, 1.54) is 0 Å². The molecule has 2 rings (SSSR count). The fraction of sp³-hybridized carbons (Fsp3) is 0.222. The fourth-order valence-electron chi connectivity index (χ4n) is 1.23. The van der Waals surface area contributed by atoms with Crippen molar-refractivity contribution in [1.29, 1.82) is 0 Å². The van der Waals surface area contributed by atoms with Gasteiger partial charge in [-0.25, -0.2) is 4.98 Å². The monoisotopic (exact) mass is 240 g/mol. The van der Waals surface area contributed by atoms with Crippen LogP contribution in [0.15, 0.2) is 29.1 Å². The molecule has 0 spiro atoms. The number of imidazole rings is 1. The highest BCUT2D eigenvalue weighted by Gasteiger charge is 2.04. The third-order valence-corrected chi connectivity index (χ3v) is 2.56. The van der Waals surface area contributed by atoms with Crippen molar-refractivity contribution in [2.75, 3.05) is 0 Å². The summed E-state index contributed by atoms with van der Waals surface area (Å²) in [5.41, 5.74) is 1.72. The number of aliphatic hydroxyl groups excluding tert-OH is 1. The van der Waals surface area contributed by atoms with Crippen molar-refractivity contribution in [2.45, 2.75) is 13.0 Å². The van der Waals surface area contributed by atoms with Crippen LogP contribution in [0.1, 0.15) is 18.6 Å². The molecule has 1 atom stereocenters. The van der Waals surface area contributed by atoms with Gasteiger partial charge in [-0.15, -0.1) is 0 Å². The second-order valence-electron chi connectivity index (χ2n) is 2.95. The molecule has 0 aromatic carbocycles. The minimum absolute atomic E-state index is 0.444. The summed E-state index contributed by atoms with van der Waals surface area (Å²) in [5, 5.41) is 9.34. The van der Waals surface area contributed by atoms with E-state index in [4.69, 9.17) is 0 Å². The van der Waals surface area contributed by atoms with E-state index in [0.717, 1.165) is 15.8 Å². The minimum atomic E-state index is -0.444. The largest absolute Gasteiger partial charge is 0.389 e. The van der Waals surface area contributed by atoms with Gasteiger partial charge in [0.1, 0.15) is 10.3 Å². The molecule has 3 nitrogen and oxygen atoms in total. The molecule has 0 saturated carbocycles. The molecule has 0 fully saturated rings. The van der Waals surface area contributed by atoms with Gasteiger partial charge in [-0.1, -0.05) is 0 Å². The van der Waals surface area contributed by atoms with Gasteiger partial charge < -0.3 is 5.11 Å². The van der Waals surface area contributed by atoms with Crippen LogP contribution in [0.4, 0.5) is 0 Å². The van der Waals surface area contributed by atoms with Crippen molar-refractivity contribution in [1.82, 2.24) is 9.38 Å². The van der Waals surface area contributed by atoms with E-state index in [-0.39, 0.29) is 0 Å². The SMILES string of the molecule is CC(O)c1ccn2c(Br)cnc2c1. The minimum Gasteiger partial charge on any atom is -0.389 e. The number of pyridine rings is 1. The first-order valence-electron chi connectivity index (χ1n) is 3.99. The molecule has 0 saturated heterocycles. The zero-order valence-electron chi connectivity index (χ0n) is 7.11. The Hall–Kier alpha value is -0.870. The molecular weight excluding hydrogens is 232 g/mol. The van der Waals surface area contributed by atoms with Gasteiger partial charge in [0.2, 0.25) is 0 Å². The number of aromatic nitrogens is 2. The lowest BCUT2D eigenvalue weighted by atomic mass is 10.2. The van der Waals surface area contributed by atoms with Gasteiger partial charge in [0.25, 0.3) is 0 Å². The first kappa shape index (κ1) is 8.72. The Balaban J connectivity index is 2.63. The van der Waals surface area contributed by atoms with E-state index in [1.54, 1.807) is 13.1 Å². The van der Waals surface area contributed by atoms with Gasteiger partial charge in [0.15, 0.2) is 0 Å². The summed E-state index contributed by atoms with van der Waals surface area (Å²) in [5.74, 6) is 0. The van der Waals surface area contributed by atoms with Crippen molar-refractivity contribution in [3.8, 4) is 0 Å². The number of fused-ring (bicyclic) bond motifs is 1. The number of hydrogen-bond acceptors (Lipinski definition) is 2. The molecule has 0 bridgehead atoms. The van der Waals surface area contributed by atoms with Gasteiger partial charge in [-0.2, -0.15) is 0 Å². The summed E-state index contributed by atoms with van der Waals surface area (Å²) >= 11 is 3.37. The molecule has 4 heteroatoms. The second-order valence-corrected chi connectivity index (χ2v) is 3.76. The van der Waals surface area contributed by atoms with Gasteiger partial charge in [0, 0.05) is 6.20 Å². The van der Waals surface area contributed by atoms with E-state index in [2.05, 4.69) is 20.9 Å². The lowest BCUT2D eigenvalue weighted by Gasteiger charge is -2.04. The average molecular weight is 241 g/mol. The van der Waals surface area contributed by atoms with Crippen LogP contribution in [0.3, 0.4) is 0 Å². The van der Waals surface area contributed by atoms with E-state index in [9.17, 15) is 5.11 Å². The highest BCUT2D eigenvalue weighted by Crippen LogP contribution is 2.17. The second kappa shape index (κ2) is 3.12. The zero-order chi connectivity index (χ0) is 9.42. The summed E-state index contributed by atoms with van der Waals surface area (Å²) in [6.45, 7) is 1.74. The Kier molecular flexibility index (Phi) is 2.09. The van der Waals surface area contributed by atoms with Crippen molar-refractivity contribution in [3.63, 3.8) is 0 Å².